The molecule has 1 heterocycles. The van der Waals surface area contributed by atoms with Crippen LogP contribution in [-0.2, 0) is 18.3 Å². The van der Waals surface area contributed by atoms with E-state index < -0.39 is 0 Å². The van der Waals surface area contributed by atoms with E-state index in [1.165, 1.54) is 5.56 Å². The topological polar surface area (TPSA) is 39.1 Å². The first-order chi connectivity index (χ1) is 10.1. The normalized spacial score (nSPS) is 11.0. The number of aromatic nitrogens is 2. The molecule has 114 valence electrons. The molecule has 0 aliphatic carbocycles. The van der Waals surface area contributed by atoms with Gasteiger partial charge >= 0.3 is 0 Å². The molecule has 21 heavy (non-hydrogen) atoms. The van der Waals surface area contributed by atoms with Crippen molar-refractivity contribution in [3.8, 4) is 0 Å². The number of hydrogen-bond donors (Lipinski definition) is 1. The van der Waals surface area contributed by atoms with E-state index in [1.807, 2.05) is 36.9 Å². The van der Waals surface area contributed by atoms with Crippen LogP contribution in [0.3, 0.4) is 0 Å². The minimum atomic E-state index is 0.704. The van der Waals surface area contributed by atoms with E-state index in [0.29, 0.717) is 6.61 Å². The highest BCUT2D eigenvalue weighted by atomic mass is 35.5. The summed E-state index contributed by atoms with van der Waals surface area (Å²) in [7, 11) is 3.68. The second kappa shape index (κ2) is 7.84. The third kappa shape index (κ3) is 4.48. The molecule has 6 heteroatoms. The van der Waals surface area contributed by atoms with Gasteiger partial charge in [0.2, 0.25) is 0 Å². The largest absolute Gasteiger partial charge is 0.383 e. The number of benzene rings is 1. The summed E-state index contributed by atoms with van der Waals surface area (Å²) in [5, 5.41) is 9.78. The Hall–Kier alpha value is -1.01. The van der Waals surface area contributed by atoms with Crippen LogP contribution in [0.2, 0.25) is 5.02 Å². The lowest BCUT2D eigenvalue weighted by Gasteiger charge is -2.08. The molecule has 1 aromatic carbocycles. The van der Waals surface area contributed by atoms with Crippen molar-refractivity contribution in [2.45, 2.75) is 23.4 Å². The van der Waals surface area contributed by atoms with Gasteiger partial charge in [0.25, 0.3) is 0 Å². The lowest BCUT2D eigenvalue weighted by molar-refractivity contribution is 0.199. The van der Waals surface area contributed by atoms with Crippen molar-refractivity contribution in [2.75, 3.05) is 20.3 Å². The van der Waals surface area contributed by atoms with Crippen molar-refractivity contribution in [2.24, 2.45) is 7.05 Å². The van der Waals surface area contributed by atoms with E-state index in [0.717, 1.165) is 33.7 Å². The van der Waals surface area contributed by atoms with Gasteiger partial charge in [-0.3, -0.25) is 4.68 Å². The van der Waals surface area contributed by atoms with Crippen molar-refractivity contribution in [3.63, 3.8) is 0 Å². The number of hydrogen-bond acceptors (Lipinski definition) is 4. The van der Waals surface area contributed by atoms with Crippen molar-refractivity contribution in [3.05, 3.63) is 40.5 Å². The third-order valence-corrected chi connectivity index (χ3v) is 4.51. The first kappa shape index (κ1) is 16.4. The van der Waals surface area contributed by atoms with Crippen LogP contribution in [-0.4, -0.2) is 30.0 Å². The Bertz CT molecular complexity index is 601. The second-order valence-corrected chi connectivity index (χ2v) is 6.22. The average Bonchev–Trinajstić information content (AvgIpc) is 2.70. The molecule has 0 unspecified atom stereocenters. The molecule has 0 bridgehead atoms. The predicted octanol–water partition coefficient (Wildman–Crippen LogP) is 3.27. The molecule has 0 atom stereocenters. The Labute approximate surface area is 134 Å². The summed E-state index contributed by atoms with van der Waals surface area (Å²) in [6.45, 7) is 4.35. The molecule has 4 nitrogen and oxygen atoms in total. The Morgan fingerprint density at radius 2 is 2.24 bits per heavy atom. The SMILES string of the molecule is COCCNCc1c(C)nn(C)c1Sc1cccc(Cl)c1. The minimum Gasteiger partial charge on any atom is -0.383 e. The first-order valence-electron chi connectivity index (χ1n) is 6.77. The summed E-state index contributed by atoms with van der Waals surface area (Å²) < 4.78 is 6.98. The number of rotatable bonds is 7. The van der Waals surface area contributed by atoms with E-state index >= 15 is 0 Å². The monoisotopic (exact) mass is 325 g/mol. The molecule has 0 radical (unpaired) electrons. The minimum absolute atomic E-state index is 0.704. The van der Waals surface area contributed by atoms with Crippen LogP contribution in [0.15, 0.2) is 34.2 Å². The number of aryl methyl sites for hydroxylation is 2. The molecule has 0 saturated carbocycles. The summed E-state index contributed by atoms with van der Waals surface area (Å²) in [5.41, 5.74) is 2.27. The van der Waals surface area contributed by atoms with Crippen LogP contribution in [0.5, 0.6) is 0 Å². The Morgan fingerprint density at radius 3 is 2.95 bits per heavy atom. The maximum Gasteiger partial charge on any atom is 0.103 e. The van der Waals surface area contributed by atoms with Gasteiger partial charge in [-0.2, -0.15) is 5.10 Å². The molecule has 2 aromatic rings. The molecule has 2 rings (SSSR count). The second-order valence-electron chi connectivity index (χ2n) is 4.72. The summed E-state index contributed by atoms with van der Waals surface area (Å²) >= 11 is 7.74. The molecule has 1 aromatic heterocycles. The van der Waals surface area contributed by atoms with Gasteiger partial charge in [-0.15, -0.1) is 0 Å². The van der Waals surface area contributed by atoms with Crippen LogP contribution in [0, 0.1) is 6.92 Å². The molecule has 0 aliphatic heterocycles. The number of methoxy groups -OCH3 is 1. The smallest absolute Gasteiger partial charge is 0.103 e. The Morgan fingerprint density at radius 1 is 1.43 bits per heavy atom. The first-order valence-corrected chi connectivity index (χ1v) is 7.97. The Balaban J connectivity index is 2.14. The number of nitrogens with one attached hydrogen (secondary N) is 1. The molecule has 1 N–H and O–H groups in total. The van der Waals surface area contributed by atoms with Gasteiger partial charge < -0.3 is 10.1 Å². The third-order valence-electron chi connectivity index (χ3n) is 3.08. The van der Waals surface area contributed by atoms with Crippen molar-refractivity contribution in [1.82, 2.24) is 15.1 Å². The van der Waals surface area contributed by atoms with Gasteiger partial charge in [0.1, 0.15) is 5.03 Å². The van der Waals surface area contributed by atoms with Crippen LogP contribution in [0.25, 0.3) is 0 Å². The molecule has 0 aliphatic rings. The van der Waals surface area contributed by atoms with Crippen molar-refractivity contribution < 1.29 is 4.74 Å². The Kier molecular flexibility index (Phi) is 6.11. The summed E-state index contributed by atoms with van der Waals surface area (Å²) in [4.78, 5) is 1.11. The summed E-state index contributed by atoms with van der Waals surface area (Å²) in [5.74, 6) is 0. The maximum atomic E-state index is 6.05. The molecule has 0 spiro atoms. The fraction of sp³-hybridized carbons (Fsp3) is 0.400. The van der Waals surface area contributed by atoms with E-state index in [9.17, 15) is 0 Å². The van der Waals surface area contributed by atoms with Crippen LogP contribution >= 0.6 is 23.4 Å². The number of ether oxygens (including phenoxy) is 1. The van der Waals surface area contributed by atoms with E-state index in [4.69, 9.17) is 16.3 Å². The zero-order valence-electron chi connectivity index (χ0n) is 12.5. The van der Waals surface area contributed by atoms with Crippen LogP contribution < -0.4 is 5.32 Å². The van der Waals surface area contributed by atoms with E-state index in [-0.39, 0.29) is 0 Å². The quantitative estimate of drug-likeness (QED) is 0.793. The van der Waals surface area contributed by atoms with Gasteiger partial charge in [0.05, 0.1) is 12.3 Å². The summed E-state index contributed by atoms with van der Waals surface area (Å²) in [6, 6.07) is 7.87. The summed E-state index contributed by atoms with van der Waals surface area (Å²) in [6.07, 6.45) is 0. The van der Waals surface area contributed by atoms with Crippen molar-refractivity contribution in [1.29, 1.82) is 0 Å². The highest BCUT2D eigenvalue weighted by Crippen LogP contribution is 2.32. The highest BCUT2D eigenvalue weighted by molar-refractivity contribution is 7.99. The average molecular weight is 326 g/mol. The molecule has 0 fully saturated rings. The van der Waals surface area contributed by atoms with Gasteiger partial charge in [-0.1, -0.05) is 29.4 Å². The van der Waals surface area contributed by atoms with Gasteiger partial charge in [-0.25, -0.2) is 0 Å². The zero-order valence-corrected chi connectivity index (χ0v) is 14.1. The number of halogens is 1. The van der Waals surface area contributed by atoms with Crippen LogP contribution in [0.1, 0.15) is 11.3 Å². The standard InChI is InChI=1S/C15H20ClN3OS/c1-11-14(10-17-7-8-20-3)15(19(2)18-11)21-13-6-4-5-12(16)9-13/h4-6,9,17H,7-8,10H2,1-3H3. The molecule has 0 saturated heterocycles. The van der Waals surface area contributed by atoms with Gasteiger partial charge in [0, 0.05) is 42.7 Å². The molecular weight excluding hydrogens is 306 g/mol. The lowest BCUT2D eigenvalue weighted by Crippen LogP contribution is -2.19. The van der Waals surface area contributed by atoms with E-state index in [1.54, 1.807) is 18.9 Å². The van der Waals surface area contributed by atoms with Gasteiger partial charge in [-0.05, 0) is 25.1 Å². The zero-order chi connectivity index (χ0) is 15.2. The fourth-order valence-corrected chi connectivity index (χ4v) is 3.37. The van der Waals surface area contributed by atoms with Crippen LogP contribution in [0.4, 0.5) is 0 Å². The fourth-order valence-electron chi connectivity index (χ4n) is 2.04. The lowest BCUT2D eigenvalue weighted by atomic mass is 10.2. The van der Waals surface area contributed by atoms with Crippen molar-refractivity contribution >= 4 is 23.4 Å². The molecular formula is C15H20ClN3OS. The maximum absolute atomic E-state index is 6.05. The number of nitrogens with zero attached hydrogens (tertiary/aromatic N) is 2. The predicted molar refractivity (Wildman–Crippen MR) is 87.1 cm³/mol. The van der Waals surface area contributed by atoms with Gasteiger partial charge in [0.15, 0.2) is 0 Å². The molecule has 0 amide bonds. The highest BCUT2D eigenvalue weighted by Gasteiger charge is 2.14. The van der Waals surface area contributed by atoms with E-state index in [2.05, 4.69) is 16.5 Å².